The van der Waals surface area contributed by atoms with Crippen LogP contribution in [0, 0.1) is 0 Å². The van der Waals surface area contributed by atoms with Crippen molar-refractivity contribution in [3.05, 3.63) is 0 Å². The zero-order chi connectivity index (χ0) is 6.41. The summed E-state index contributed by atoms with van der Waals surface area (Å²) in [4.78, 5) is 0. The molecule has 9 heavy (non-hydrogen) atoms. The first-order chi connectivity index (χ1) is 3.81. The van der Waals surface area contributed by atoms with Gasteiger partial charge in [-0.05, 0) is 20.0 Å². The van der Waals surface area contributed by atoms with Gasteiger partial charge in [0.05, 0.1) is 6.61 Å². The molecule has 3 nitrogen and oxygen atoms in total. The standard InChI is InChI=1S/C5H14N2O.CH4/c1-7-3-2-5(6)4-8;/h5,7-8H,2-4,6H2,1H3;1H4/t5-;/m0./s1. The van der Waals surface area contributed by atoms with Gasteiger partial charge < -0.3 is 16.2 Å². The molecule has 1 atom stereocenters. The largest absolute Gasteiger partial charge is 0.395 e. The van der Waals surface area contributed by atoms with Gasteiger partial charge >= 0.3 is 0 Å². The molecule has 0 aromatic carbocycles. The van der Waals surface area contributed by atoms with Crippen LogP contribution in [0.5, 0.6) is 0 Å². The maximum absolute atomic E-state index is 8.41. The van der Waals surface area contributed by atoms with Crippen LogP contribution in [0.1, 0.15) is 13.8 Å². The van der Waals surface area contributed by atoms with Gasteiger partial charge in [0.25, 0.3) is 0 Å². The first kappa shape index (κ1) is 11.6. The second-order valence-electron chi connectivity index (χ2n) is 1.83. The van der Waals surface area contributed by atoms with Crippen molar-refractivity contribution in [3.8, 4) is 0 Å². The first-order valence-corrected chi connectivity index (χ1v) is 2.82. The van der Waals surface area contributed by atoms with Crippen molar-refractivity contribution in [2.24, 2.45) is 5.73 Å². The van der Waals surface area contributed by atoms with E-state index in [4.69, 9.17) is 10.8 Å². The Morgan fingerprint density at radius 3 is 2.56 bits per heavy atom. The van der Waals surface area contributed by atoms with Gasteiger partial charge in [0.15, 0.2) is 0 Å². The molecule has 0 spiro atoms. The zero-order valence-corrected chi connectivity index (χ0v) is 5.22. The van der Waals surface area contributed by atoms with Crippen molar-refractivity contribution in [3.63, 3.8) is 0 Å². The van der Waals surface area contributed by atoms with Crippen LogP contribution in [0.2, 0.25) is 0 Å². The van der Waals surface area contributed by atoms with E-state index in [0.29, 0.717) is 0 Å². The number of hydrogen-bond acceptors (Lipinski definition) is 3. The van der Waals surface area contributed by atoms with E-state index in [-0.39, 0.29) is 20.1 Å². The van der Waals surface area contributed by atoms with Crippen LogP contribution in [-0.4, -0.2) is 31.3 Å². The molecule has 0 bridgehead atoms. The van der Waals surface area contributed by atoms with Crippen molar-refractivity contribution in [1.82, 2.24) is 5.32 Å². The lowest BCUT2D eigenvalue weighted by Crippen LogP contribution is -2.28. The number of nitrogens with one attached hydrogen (secondary N) is 1. The molecule has 0 radical (unpaired) electrons. The van der Waals surface area contributed by atoms with Gasteiger partial charge in [-0.25, -0.2) is 0 Å². The average molecular weight is 134 g/mol. The third-order valence-corrected chi connectivity index (χ3v) is 1.000. The molecular formula is C6H18N2O. The second-order valence-corrected chi connectivity index (χ2v) is 1.83. The van der Waals surface area contributed by atoms with E-state index in [0.717, 1.165) is 13.0 Å². The lowest BCUT2D eigenvalue weighted by Gasteiger charge is -2.04. The summed E-state index contributed by atoms with van der Waals surface area (Å²) in [5, 5.41) is 11.4. The van der Waals surface area contributed by atoms with Crippen molar-refractivity contribution >= 4 is 0 Å². The van der Waals surface area contributed by atoms with Gasteiger partial charge in [-0.1, -0.05) is 7.43 Å². The molecule has 0 saturated carbocycles. The van der Waals surface area contributed by atoms with E-state index in [1.165, 1.54) is 0 Å². The minimum Gasteiger partial charge on any atom is -0.395 e. The monoisotopic (exact) mass is 134 g/mol. The van der Waals surface area contributed by atoms with Gasteiger partial charge in [0.2, 0.25) is 0 Å². The van der Waals surface area contributed by atoms with E-state index >= 15 is 0 Å². The summed E-state index contributed by atoms with van der Waals surface area (Å²) in [6.45, 7) is 0.962. The van der Waals surface area contributed by atoms with Gasteiger partial charge in [-0.3, -0.25) is 0 Å². The number of aliphatic hydroxyl groups excluding tert-OH is 1. The number of hydrogen-bond donors (Lipinski definition) is 3. The third-order valence-electron chi connectivity index (χ3n) is 1.000. The van der Waals surface area contributed by atoms with Crippen LogP contribution < -0.4 is 11.1 Å². The van der Waals surface area contributed by atoms with Crippen LogP contribution in [0.25, 0.3) is 0 Å². The SMILES string of the molecule is C.CNCC[C@H](N)CO. The lowest BCUT2D eigenvalue weighted by molar-refractivity contribution is 0.260. The van der Waals surface area contributed by atoms with Crippen molar-refractivity contribution in [2.45, 2.75) is 19.9 Å². The van der Waals surface area contributed by atoms with Crippen molar-refractivity contribution < 1.29 is 5.11 Å². The van der Waals surface area contributed by atoms with E-state index in [1.54, 1.807) is 0 Å². The maximum atomic E-state index is 8.41. The minimum absolute atomic E-state index is 0. The summed E-state index contributed by atoms with van der Waals surface area (Å²) >= 11 is 0. The maximum Gasteiger partial charge on any atom is 0.0583 e. The average Bonchev–Trinajstić information content (AvgIpc) is 1.83. The predicted molar refractivity (Wildman–Crippen MR) is 40.3 cm³/mol. The molecule has 58 valence electrons. The highest BCUT2D eigenvalue weighted by Gasteiger charge is 1.95. The van der Waals surface area contributed by atoms with Crippen LogP contribution in [0.15, 0.2) is 0 Å². The van der Waals surface area contributed by atoms with Gasteiger partial charge in [-0.2, -0.15) is 0 Å². The molecule has 0 aliphatic carbocycles. The number of rotatable bonds is 4. The predicted octanol–water partition coefficient (Wildman–Crippen LogP) is -0.448. The van der Waals surface area contributed by atoms with Gasteiger partial charge in [0.1, 0.15) is 0 Å². The second kappa shape index (κ2) is 7.88. The molecule has 0 fully saturated rings. The summed E-state index contributed by atoms with van der Waals surface area (Å²) in [6, 6.07) is -0.0533. The Morgan fingerprint density at radius 1 is 1.67 bits per heavy atom. The smallest absolute Gasteiger partial charge is 0.0583 e. The Bertz CT molecular complexity index is 50.3. The van der Waals surface area contributed by atoms with E-state index in [1.807, 2.05) is 7.05 Å². The fourth-order valence-electron chi connectivity index (χ4n) is 0.421. The first-order valence-electron chi connectivity index (χ1n) is 2.82. The van der Waals surface area contributed by atoms with E-state index in [2.05, 4.69) is 5.32 Å². The molecule has 0 saturated heterocycles. The fraction of sp³-hybridized carbons (Fsp3) is 1.00. The highest BCUT2D eigenvalue weighted by Crippen LogP contribution is 1.81. The summed E-state index contributed by atoms with van der Waals surface area (Å²) in [5.74, 6) is 0. The Kier molecular flexibility index (Phi) is 10.2. The third kappa shape index (κ3) is 7.88. The Morgan fingerprint density at radius 2 is 2.22 bits per heavy atom. The molecule has 0 rings (SSSR count). The van der Waals surface area contributed by atoms with Crippen LogP contribution >= 0.6 is 0 Å². The van der Waals surface area contributed by atoms with Crippen LogP contribution in [0.4, 0.5) is 0 Å². The normalized spacial score (nSPS) is 12.3. The Balaban J connectivity index is 0. The molecule has 0 aliphatic rings. The minimum atomic E-state index is -0.0533. The Labute approximate surface area is 57.3 Å². The molecule has 4 N–H and O–H groups in total. The van der Waals surface area contributed by atoms with Crippen LogP contribution in [-0.2, 0) is 0 Å². The van der Waals surface area contributed by atoms with Gasteiger partial charge in [-0.15, -0.1) is 0 Å². The molecule has 0 amide bonds. The van der Waals surface area contributed by atoms with E-state index in [9.17, 15) is 0 Å². The topological polar surface area (TPSA) is 58.3 Å². The molecule has 3 heteroatoms. The highest BCUT2D eigenvalue weighted by molar-refractivity contribution is 4.58. The molecule has 0 heterocycles. The number of aliphatic hydroxyl groups is 1. The number of nitrogens with two attached hydrogens (primary N) is 1. The molecular weight excluding hydrogens is 116 g/mol. The molecule has 0 aliphatic heterocycles. The van der Waals surface area contributed by atoms with Gasteiger partial charge in [0, 0.05) is 6.04 Å². The molecule has 0 unspecified atom stereocenters. The summed E-state index contributed by atoms with van der Waals surface area (Å²) in [5.41, 5.74) is 5.37. The molecule has 0 aromatic heterocycles. The summed E-state index contributed by atoms with van der Waals surface area (Å²) in [7, 11) is 1.87. The quantitative estimate of drug-likeness (QED) is 0.488. The molecule has 0 aromatic rings. The summed E-state index contributed by atoms with van der Waals surface area (Å²) < 4.78 is 0. The van der Waals surface area contributed by atoms with Crippen LogP contribution in [0.3, 0.4) is 0 Å². The fourth-order valence-corrected chi connectivity index (χ4v) is 0.421. The van der Waals surface area contributed by atoms with Crippen molar-refractivity contribution in [2.75, 3.05) is 20.2 Å². The zero-order valence-electron chi connectivity index (χ0n) is 5.22. The Hall–Kier alpha value is -0.120. The highest BCUT2D eigenvalue weighted by atomic mass is 16.3. The lowest BCUT2D eigenvalue weighted by atomic mass is 10.2. The van der Waals surface area contributed by atoms with E-state index < -0.39 is 0 Å². The summed E-state index contributed by atoms with van der Waals surface area (Å²) in [6.07, 6.45) is 0.840. The van der Waals surface area contributed by atoms with Crippen molar-refractivity contribution in [1.29, 1.82) is 0 Å².